The molecule has 0 spiro atoms. The number of carbonyl (C=O) groups excluding carboxylic acids is 1. The van der Waals surface area contributed by atoms with Gasteiger partial charge in [-0.25, -0.2) is 12.7 Å². The Morgan fingerprint density at radius 1 is 1.56 bits per heavy atom. The summed E-state index contributed by atoms with van der Waals surface area (Å²) in [7, 11) is -2.28. The zero-order valence-corrected chi connectivity index (χ0v) is 12.1. The molecule has 1 heterocycles. The van der Waals surface area contributed by atoms with E-state index in [0.717, 1.165) is 0 Å². The number of piperidine rings is 1. The van der Waals surface area contributed by atoms with E-state index in [4.69, 9.17) is 18.0 Å². The molecule has 6 nitrogen and oxygen atoms in total. The van der Waals surface area contributed by atoms with Crippen molar-refractivity contribution in [3.05, 3.63) is 0 Å². The number of nitrogens with two attached hydrogens (primary N) is 1. The normalized spacial score (nSPS) is 23.3. The van der Waals surface area contributed by atoms with Crippen LogP contribution in [-0.4, -0.2) is 49.1 Å². The second kappa shape index (κ2) is 5.94. The molecule has 8 heteroatoms. The van der Waals surface area contributed by atoms with E-state index in [-0.39, 0.29) is 17.5 Å². The maximum atomic E-state index is 12.2. The quantitative estimate of drug-likeness (QED) is 0.574. The topological polar surface area (TPSA) is 89.7 Å². The van der Waals surface area contributed by atoms with E-state index in [2.05, 4.69) is 4.74 Å². The van der Waals surface area contributed by atoms with Crippen LogP contribution < -0.4 is 5.73 Å². The molecule has 1 saturated heterocycles. The molecule has 0 radical (unpaired) electrons. The summed E-state index contributed by atoms with van der Waals surface area (Å²) in [5.74, 6) is -0.782. The first-order valence-electron chi connectivity index (χ1n) is 5.66. The SMILES string of the molecule is COC(=O)C1CCCN(S(=O)(=O)C(C)C(N)=S)C1. The van der Waals surface area contributed by atoms with Crippen LogP contribution in [0.15, 0.2) is 0 Å². The summed E-state index contributed by atoms with van der Waals surface area (Å²) in [5, 5.41) is -0.913. The van der Waals surface area contributed by atoms with E-state index in [0.29, 0.717) is 19.4 Å². The van der Waals surface area contributed by atoms with Crippen LogP contribution in [0, 0.1) is 5.92 Å². The zero-order chi connectivity index (χ0) is 13.9. The highest BCUT2D eigenvalue weighted by atomic mass is 32.2. The van der Waals surface area contributed by atoms with E-state index < -0.39 is 21.2 Å². The molecule has 1 fully saturated rings. The van der Waals surface area contributed by atoms with Gasteiger partial charge in [0, 0.05) is 13.1 Å². The van der Waals surface area contributed by atoms with Gasteiger partial charge in [-0.05, 0) is 19.8 Å². The monoisotopic (exact) mass is 294 g/mol. The molecule has 104 valence electrons. The Bertz CT molecular complexity index is 435. The van der Waals surface area contributed by atoms with Crippen LogP contribution in [0.2, 0.25) is 0 Å². The highest BCUT2D eigenvalue weighted by molar-refractivity contribution is 7.92. The van der Waals surface area contributed by atoms with Crippen molar-refractivity contribution < 1.29 is 17.9 Å². The fourth-order valence-corrected chi connectivity index (χ4v) is 3.78. The molecule has 0 aromatic rings. The van der Waals surface area contributed by atoms with Crippen molar-refractivity contribution in [2.75, 3.05) is 20.2 Å². The Hall–Kier alpha value is -0.730. The summed E-state index contributed by atoms with van der Waals surface area (Å²) >= 11 is 4.72. The van der Waals surface area contributed by atoms with Crippen molar-refractivity contribution in [2.24, 2.45) is 11.7 Å². The summed E-state index contributed by atoms with van der Waals surface area (Å²) in [5.41, 5.74) is 5.38. The first-order valence-corrected chi connectivity index (χ1v) is 7.58. The Kier molecular flexibility index (Phi) is 5.06. The van der Waals surface area contributed by atoms with Crippen LogP contribution in [0.4, 0.5) is 0 Å². The van der Waals surface area contributed by atoms with Gasteiger partial charge in [0.05, 0.1) is 18.0 Å². The van der Waals surface area contributed by atoms with Crippen molar-refractivity contribution >= 4 is 33.2 Å². The van der Waals surface area contributed by atoms with Crippen LogP contribution >= 0.6 is 12.2 Å². The van der Waals surface area contributed by atoms with Gasteiger partial charge in [0.15, 0.2) is 0 Å². The third-order valence-electron chi connectivity index (χ3n) is 3.13. The van der Waals surface area contributed by atoms with Gasteiger partial charge in [0.2, 0.25) is 10.0 Å². The van der Waals surface area contributed by atoms with Gasteiger partial charge in [-0.15, -0.1) is 0 Å². The minimum atomic E-state index is -3.58. The van der Waals surface area contributed by atoms with Crippen molar-refractivity contribution in [1.29, 1.82) is 0 Å². The Labute approximate surface area is 113 Å². The lowest BCUT2D eigenvalue weighted by Crippen LogP contribution is -2.48. The highest BCUT2D eigenvalue weighted by Crippen LogP contribution is 2.22. The molecule has 1 rings (SSSR count). The van der Waals surface area contributed by atoms with Crippen molar-refractivity contribution in [3.63, 3.8) is 0 Å². The summed E-state index contributed by atoms with van der Waals surface area (Å²) in [6.45, 7) is 1.99. The van der Waals surface area contributed by atoms with Crippen LogP contribution in [0.3, 0.4) is 0 Å². The molecular formula is C10H18N2O4S2. The van der Waals surface area contributed by atoms with Gasteiger partial charge in [-0.2, -0.15) is 0 Å². The van der Waals surface area contributed by atoms with Gasteiger partial charge in [-0.1, -0.05) is 12.2 Å². The lowest BCUT2D eigenvalue weighted by Gasteiger charge is -2.32. The molecule has 0 saturated carbocycles. The number of hydrogen-bond donors (Lipinski definition) is 1. The number of thiocarbonyl (C=S) groups is 1. The minimum Gasteiger partial charge on any atom is -0.469 e. The molecule has 2 N–H and O–H groups in total. The average Bonchev–Trinajstić information content (AvgIpc) is 2.36. The molecular weight excluding hydrogens is 276 g/mol. The molecule has 1 aliphatic rings. The molecule has 0 bridgehead atoms. The average molecular weight is 294 g/mol. The van der Waals surface area contributed by atoms with Crippen molar-refractivity contribution in [2.45, 2.75) is 25.0 Å². The maximum absolute atomic E-state index is 12.2. The van der Waals surface area contributed by atoms with E-state index >= 15 is 0 Å². The van der Waals surface area contributed by atoms with Gasteiger partial charge in [0.25, 0.3) is 0 Å². The highest BCUT2D eigenvalue weighted by Gasteiger charge is 2.36. The van der Waals surface area contributed by atoms with E-state index in [9.17, 15) is 13.2 Å². The molecule has 0 amide bonds. The smallest absolute Gasteiger partial charge is 0.309 e. The molecule has 0 aliphatic carbocycles. The fourth-order valence-electron chi connectivity index (χ4n) is 1.90. The first kappa shape index (κ1) is 15.3. The number of esters is 1. The maximum Gasteiger partial charge on any atom is 0.309 e. The van der Waals surface area contributed by atoms with Crippen molar-refractivity contribution in [1.82, 2.24) is 4.31 Å². The minimum absolute atomic E-state index is 0.0600. The molecule has 0 aromatic heterocycles. The Morgan fingerprint density at radius 3 is 2.67 bits per heavy atom. The largest absolute Gasteiger partial charge is 0.469 e. The van der Waals surface area contributed by atoms with Gasteiger partial charge in [0.1, 0.15) is 5.25 Å². The number of nitrogens with zero attached hydrogens (tertiary/aromatic N) is 1. The fraction of sp³-hybridized carbons (Fsp3) is 0.800. The second-order valence-electron chi connectivity index (χ2n) is 4.31. The number of ether oxygens (including phenoxy) is 1. The lowest BCUT2D eigenvalue weighted by atomic mass is 10.0. The molecule has 0 aromatic carbocycles. The van der Waals surface area contributed by atoms with Crippen molar-refractivity contribution in [3.8, 4) is 0 Å². The standard InChI is InChI=1S/C10H18N2O4S2/c1-7(9(11)17)18(14,15)12-5-3-4-8(6-12)10(13)16-2/h7-8H,3-6H2,1-2H3,(H2,11,17). The van der Waals surface area contributed by atoms with Crippen LogP contribution in [0.5, 0.6) is 0 Å². The van der Waals surface area contributed by atoms with E-state index in [1.165, 1.54) is 18.3 Å². The molecule has 1 aliphatic heterocycles. The molecule has 18 heavy (non-hydrogen) atoms. The number of methoxy groups -OCH3 is 1. The predicted octanol–water partition coefficient (Wildman–Crippen LogP) is -0.124. The Balaban J connectivity index is 2.84. The van der Waals surface area contributed by atoms with E-state index in [1.54, 1.807) is 0 Å². The molecule has 2 unspecified atom stereocenters. The van der Waals surface area contributed by atoms with Crippen LogP contribution in [-0.2, 0) is 19.6 Å². The van der Waals surface area contributed by atoms with Gasteiger partial charge in [-0.3, -0.25) is 4.79 Å². The van der Waals surface area contributed by atoms with E-state index in [1.807, 2.05) is 0 Å². The second-order valence-corrected chi connectivity index (χ2v) is 7.03. The van der Waals surface area contributed by atoms with Crippen LogP contribution in [0.25, 0.3) is 0 Å². The third-order valence-corrected chi connectivity index (χ3v) is 5.83. The number of carbonyl (C=O) groups is 1. The van der Waals surface area contributed by atoms with Gasteiger partial charge < -0.3 is 10.5 Å². The lowest BCUT2D eigenvalue weighted by molar-refractivity contribution is -0.146. The summed E-state index contributed by atoms with van der Waals surface area (Å²) in [4.78, 5) is 11.4. The summed E-state index contributed by atoms with van der Waals surface area (Å²) in [6, 6.07) is 0. The summed E-state index contributed by atoms with van der Waals surface area (Å²) in [6.07, 6.45) is 1.27. The summed E-state index contributed by atoms with van der Waals surface area (Å²) < 4.78 is 30.3. The number of sulfonamides is 1. The Morgan fingerprint density at radius 2 is 2.17 bits per heavy atom. The predicted molar refractivity (Wildman–Crippen MR) is 71.5 cm³/mol. The number of rotatable bonds is 4. The van der Waals surface area contributed by atoms with Gasteiger partial charge >= 0.3 is 5.97 Å². The third kappa shape index (κ3) is 3.18. The zero-order valence-electron chi connectivity index (χ0n) is 10.5. The molecule has 2 atom stereocenters. The first-order chi connectivity index (χ1) is 8.30. The number of hydrogen-bond acceptors (Lipinski definition) is 5. The van der Waals surface area contributed by atoms with Crippen LogP contribution in [0.1, 0.15) is 19.8 Å².